The van der Waals surface area contributed by atoms with Gasteiger partial charge in [-0.2, -0.15) is 5.10 Å². The summed E-state index contributed by atoms with van der Waals surface area (Å²) < 4.78 is 12.0. The third-order valence-electron chi connectivity index (χ3n) is 3.04. The molecule has 0 radical (unpaired) electrons. The molecule has 1 aliphatic heterocycles. The quantitative estimate of drug-likeness (QED) is 0.891. The van der Waals surface area contributed by atoms with Crippen molar-refractivity contribution in [2.24, 2.45) is 0 Å². The number of carbonyl (C=O) groups is 1. The van der Waals surface area contributed by atoms with Crippen LogP contribution in [0.2, 0.25) is 0 Å². The fourth-order valence-corrected chi connectivity index (χ4v) is 2.04. The van der Waals surface area contributed by atoms with Crippen molar-refractivity contribution in [1.82, 2.24) is 9.78 Å². The number of hydrogen-bond donors (Lipinski definition) is 2. The van der Waals surface area contributed by atoms with Crippen LogP contribution in [0.15, 0.2) is 36.5 Å². The molecule has 1 atom stereocenters. The third-order valence-corrected chi connectivity index (χ3v) is 3.04. The molecule has 1 amide bonds. The molecule has 110 valence electrons. The van der Waals surface area contributed by atoms with Crippen molar-refractivity contribution in [3.63, 3.8) is 0 Å². The minimum absolute atomic E-state index is 0.180. The zero-order chi connectivity index (χ0) is 14.7. The standard InChI is InChI=1S/C14H15N3O4/c18-11-7-17-13(20-9-11)12(6-15-17)16-14(19)21-8-10-4-2-1-3-5-10/h1-6,11,18H,7-9H2,(H,16,19). The number of aliphatic hydroxyl groups is 1. The van der Waals surface area contributed by atoms with Gasteiger partial charge in [0.25, 0.3) is 0 Å². The molecule has 21 heavy (non-hydrogen) atoms. The summed E-state index contributed by atoms with van der Waals surface area (Å²) in [5.74, 6) is 0.428. The Kier molecular flexibility index (Phi) is 3.74. The fourth-order valence-electron chi connectivity index (χ4n) is 2.04. The Balaban J connectivity index is 1.58. The Morgan fingerprint density at radius 1 is 1.48 bits per heavy atom. The summed E-state index contributed by atoms with van der Waals surface area (Å²) in [5, 5.41) is 16.1. The smallest absolute Gasteiger partial charge is 0.412 e. The number of anilines is 1. The summed E-state index contributed by atoms with van der Waals surface area (Å²) in [4.78, 5) is 11.8. The maximum atomic E-state index is 11.8. The molecule has 7 heteroatoms. The van der Waals surface area contributed by atoms with E-state index < -0.39 is 12.2 Å². The predicted octanol–water partition coefficient (Wildman–Crippen LogP) is 1.39. The molecule has 3 rings (SSSR count). The molecule has 1 unspecified atom stereocenters. The zero-order valence-corrected chi connectivity index (χ0v) is 11.2. The van der Waals surface area contributed by atoms with Gasteiger partial charge < -0.3 is 14.6 Å². The van der Waals surface area contributed by atoms with E-state index in [2.05, 4.69) is 10.4 Å². The Hall–Kier alpha value is -2.54. The number of nitrogens with zero attached hydrogens (tertiary/aromatic N) is 2. The minimum atomic E-state index is -0.588. The first-order valence-corrected chi connectivity index (χ1v) is 6.57. The van der Waals surface area contributed by atoms with Crippen LogP contribution in [0.5, 0.6) is 5.88 Å². The number of nitrogens with one attached hydrogen (secondary N) is 1. The van der Waals surface area contributed by atoms with Gasteiger partial charge in [-0.3, -0.25) is 5.32 Å². The van der Waals surface area contributed by atoms with Crippen LogP contribution in [0.4, 0.5) is 10.5 Å². The largest absolute Gasteiger partial charge is 0.474 e. The summed E-state index contributed by atoms with van der Waals surface area (Å²) in [6, 6.07) is 9.40. The second-order valence-corrected chi connectivity index (χ2v) is 4.70. The van der Waals surface area contributed by atoms with Crippen LogP contribution in [-0.4, -0.2) is 33.7 Å². The lowest BCUT2D eigenvalue weighted by molar-refractivity contribution is 0.0562. The minimum Gasteiger partial charge on any atom is -0.474 e. The molecule has 0 saturated heterocycles. The first-order chi connectivity index (χ1) is 10.2. The lowest BCUT2D eigenvalue weighted by atomic mass is 10.2. The average molecular weight is 289 g/mol. The molecule has 0 spiro atoms. The van der Waals surface area contributed by atoms with E-state index in [0.717, 1.165) is 5.56 Å². The summed E-state index contributed by atoms with van der Waals surface area (Å²) in [5.41, 5.74) is 1.34. The molecular weight excluding hydrogens is 274 g/mol. The molecule has 2 heterocycles. The monoisotopic (exact) mass is 289 g/mol. The van der Waals surface area contributed by atoms with Crippen LogP contribution in [-0.2, 0) is 17.9 Å². The molecule has 0 fully saturated rings. The number of carbonyl (C=O) groups excluding carboxylic acids is 1. The average Bonchev–Trinajstić information content (AvgIpc) is 2.88. The number of benzene rings is 1. The van der Waals surface area contributed by atoms with E-state index in [4.69, 9.17) is 9.47 Å². The molecule has 1 aromatic heterocycles. The Bertz CT molecular complexity index is 626. The maximum Gasteiger partial charge on any atom is 0.412 e. The van der Waals surface area contributed by atoms with Crippen molar-refractivity contribution < 1.29 is 19.4 Å². The summed E-state index contributed by atoms with van der Waals surface area (Å²) >= 11 is 0. The highest BCUT2D eigenvalue weighted by molar-refractivity contribution is 5.86. The molecular formula is C14H15N3O4. The van der Waals surface area contributed by atoms with E-state index in [1.807, 2.05) is 30.3 Å². The number of amides is 1. The van der Waals surface area contributed by atoms with Crippen molar-refractivity contribution in [1.29, 1.82) is 0 Å². The summed E-state index contributed by atoms with van der Waals surface area (Å²) in [6.07, 6.45) is 0.302. The molecule has 0 aliphatic carbocycles. The van der Waals surface area contributed by atoms with Crippen LogP contribution in [0, 0.1) is 0 Å². The molecule has 1 aliphatic rings. The number of fused-ring (bicyclic) bond motifs is 1. The van der Waals surface area contributed by atoms with Gasteiger partial charge in [0.05, 0.1) is 12.7 Å². The summed E-state index contributed by atoms with van der Waals surface area (Å²) in [6.45, 7) is 0.714. The molecule has 2 N–H and O–H groups in total. The lowest BCUT2D eigenvalue weighted by Gasteiger charge is -2.20. The Labute approximate surface area is 121 Å². The topological polar surface area (TPSA) is 85.6 Å². The SMILES string of the molecule is O=C(Nc1cnn2c1OCC(O)C2)OCc1ccccc1. The van der Waals surface area contributed by atoms with Gasteiger partial charge >= 0.3 is 6.09 Å². The van der Waals surface area contributed by atoms with E-state index >= 15 is 0 Å². The van der Waals surface area contributed by atoms with Gasteiger partial charge in [0.15, 0.2) is 0 Å². The third kappa shape index (κ3) is 3.14. The maximum absolute atomic E-state index is 11.8. The second-order valence-electron chi connectivity index (χ2n) is 4.70. The Morgan fingerprint density at radius 2 is 2.29 bits per heavy atom. The first kappa shape index (κ1) is 13.4. The van der Waals surface area contributed by atoms with Gasteiger partial charge in [-0.15, -0.1) is 0 Å². The molecule has 2 aromatic rings. The van der Waals surface area contributed by atoms with Gasteiger partial charge in [0, 0.05) is 0 Å². The predicted molar refractivity (Wildman–Crippen MR) is 74.0 cm³/mol. The Morgan fingerprint density at radius 3 is 3.10 bits per heavy atom. The number of rotatable bonds is 3. The van der Waals surface area contributed by atoms with E-state index in [1.54, 1.807) is 0 Å². The van der Waals surface area contributed by atoms with E-state index in [9.17, 15) is 9.90 Å². The van der Waals surface area contributed by atoms with Crippen molar-refractivity contribution in [2.75, 3.05) is 11.9 Å². The van der Waals surface area contributed by atoms with Crippen LogP contribution < -0.4 is 10.1 Å². The zero-order valence-electron chi connectivity index (χ0n) is 11.2. The van der Waals surface area contributed by atoms with Gasteiger partial charge in [-0.25, -0.2) is 9.48 Å². The number of aromatic nitrogens is 2. The number of ether oxygens (including phenoxy) is 2. The van der Waals surface area contributed by atoms with E-state index in [0.29, 0.717) is 18.1 Å². The van der Waals surface area contributed by atoms with Crippen LogP contribution >= 0.6 is 0 Å². The first-order valence-electron chi connectivity index (χ1n) is 6.57. The van der Waals surface area contributed by atoms with Gasteiger partial charge in [-0.05, 0) is 5.56 Å². The van der Waals surface area contributed by atoms with Crippen molar-refractivity contribution in [3.8, 4) is 5.88 Å². The van der Waals surface area contributed by atoms with E-state index in [-0.39, 0.29) is 13.2 Å². The normalized spacial score (nSPS) is 16.7. The molecule has 1 aromatic carbocycles. The number of aliphatic hydroxyl groups excluding tert-OH is 1. The molecule has 7 nitrogen and oxygen atoms in total. The van der Waals surface area contributed by atoms with E-state index in [1.165, 1.54) is 10.9 Å². The summed E-state index contributed by atoms with van der Waals surface area (Å²) in [7, 11) is 0. The van der Waals surface area contributed by atoms with Crippen molar-refractivity contribution >= 4 is 11.8 Å². The van der Waals surface area contributed by atoms with Crippen molar-refractivity contribution in [2.45, 2.75) is 19.3 Å². The highest BCUT2D eigenvalue weighted by Crippen LogP contribution is 2.27. The highest BCUT2D eigenvalue weighted by Gasteiger charge is 2.22. The number of hydrogen-bond acceptors (Lipinski definition) is 5. The van der Waals surface area contributed by atoms with Gasteiger partial charge in [-0.1, -0.05) is 30.3 Å². The van der Waals surface area contributed by atoms with Crippen LogP contribution in [0.1, 0.15) is 5.56 Å². The molecule has 0 bridgehead atoms. The second kappa shape index (κ2) is 5.84. The highest BCUT2D eigenvalue weighted by atomic mass is 16.5. The van der Waals surface area contributed by atoms with Crippen LogP contribution in [0.25, 0.3) is 0 Å². The fraction of sp³-hybridized carbons (Fsp3) is 0.286. The van der Waals surface area contributed by atoms with Crippen LogP contribution in [0.3, 0.4) is 0 Å². The lowest BCUT2D eigenvalue weighted by Crippen LogP contribution is -2.30. The van der Waals surface area contributed by atoms with Crippen molar-refractivity contribution in [3.05, 3.63) is 42.1 Å². The molecule has 0 saturated carbocycles. The van der Waals surface area contributed by atoms with Gasteiger partial charge in [0.1, 0.15) is 25.0 Å². The van der Waals surface area contributed by atoms with Gasteiger partial charge in [0.2, 0.25) is 5.88 Å².